The van der Waals surface area contributed by atoms with E-state index in [9.17, 15) is 48.3 Å². The molecule has 2 aromatic rings. The number of aromatic hydroxyl groups is 1. The summed E-state index contributed by atoms with van der Waals surface area (Å²) in [6, 6.07) is 6.19. The van der Waals surface area contributed by atoms with Gasteiger partial charge in [0, 0.05) is 36.4 Å². The molecule has 3 aliphatic rings. The monoisotopic (exact) mass is 1110 g/mol. The number of aliphatic imine (C=N–C) groups is 1. The van der Waals surface area contributed by atoms with Crippen LogP contribution in [0.25, 0.3) is 0 Å². The number of hydrogen-bond donors (Lipinski definition) is 12. The lowest BCUT2D eigenvalue weighted by Gasteiger charge is -2.39. The summed E-state index contributed by atoms with van der Waals surface area (Å²) in [5.41, 5.74) is 28.7. The zero-order valence-corrected chi connectivity index (χ0v) is 44.8. The largest absolute Gasteiger partial charge is 0.508 e. The number of nitrogens with zero attached hydrogens (tertiary/aromatic N) is 2. The van der Waals surface area contributed by atoms with Crippen LogP contribution in [0.5, 0.6) is 5.75 Å². The standard InChI is InChI=1S/C51H73N13O11S2/c1-29-17-19-51(20-18-29)26-40(66)35(23-31-11-13-32(65)14-12-31)59-36(24-30-7-3-2-4-8-30)46(72)60-34(15-16-41(52)67)45(71)62-37(25-42(53)68)47(73)63-38(28-76-77-51)49(75)64-22-6-10-39(64)48(74)61-33(9-5-21-57-50(55)56)44(70)58-27-43(54)69/h2-4,7-8,11-14,29,33-39,59,65H,5-6,9-10,15-28H2,1H3,(H2,52,67)(H2,53,68)(H2,54,69)(H,58,70)(H,60,72)(H,61,74)(H,62,71)(H,63,73)(H4,55,56,57)/t29?,33-,34-,35-,36-,37-,38-,39-,51?/m0/s1. The summed E-state index contributed by atoms with van der Waals surface area (Å²) < 4.78 is -0.701. The molecule has 17 N–H and O–H groups in total. The van der Waals surface area contributed by atoms with E-state index < -0.39 is 120 Å². The van der Waals surface area contributed by atoms with Crippen LogP contribution in [0.15, 0.2) is 59.6 Å². The van der Waals surface area contributed by atoms with Crippen molar-refractivity contribution in [3.8, 4) is 5.75 Å². The van der Waals surface area contributed by atoms with E-state index in [0.717, 1.165) is 12.8 Å². The van der Waals surface area contributed by atoms with Crippen molar-refractivity contribution in [2.45, 2.75) is 144 Å². The van der Waals surface area contributed by atoms with E-state index in [-0.39, 0.29) is 81.3 Å². The Hall–Kier alpha value is -6.93. The normalized spacial score (nSPS) is 25.2. The summed E-state index contributed by atoms with van der Waals surface area (Å²) in [6.45, 7) is 1.79. The molecule has 1 aliphatic carbocycles. The summed E-state index contributed by atoms with van der Waals surface area (Å²) in [6.07, 6.45) is 2.23. The summed E-state index contributed by atoms with van der Waals surface area (Å²) in [5, 5.41) is 26.4. The Morgan fingerprint density at radius 1 is 0.792 bits per heavy atom. The smallest absolute Gasteiger partial charge is 0.246 e. The van der Waals surface area contributed by atoms with Gasteiger partial charge in [0.05, 0.1) is 25.0 Å². The number of ketones is 1. The number of carbonyl (C=O) groups is 10. The van der Waals surface area contributed by atoms with Crippen LogP contribution in [0.3, 0.4) is 0 Å². The summed E-state index contributed by atoms with van der Waals surface area (Å²) in [7, 11) is 2.63. The average molecular weight is 1110 g/mol. The van der Waals surface area contributed by atoms with Crippen molar-refractivity contribution < 1.29 is 53.1 Å². The number of benzene rings is 2. The van der Waals surface area contributed by atoms with E-state index in [1.165, 1.54) is 38.6 Å². The number of phenols is 1. The summed E-state index contributed by atoms with van der Waals surface area (Å²) in [5.74, 6) is -7.68. The maximum absolute atomic E-state index is 15.1. The summed E-state index contributed by atoms with van der Waals surface area (Å²) >= 11 is 0. The van der Waals surface area contributed by atoms with Gasteiger partial charge in [0.1, 0.15) is 36.0 Å². The highest BCUT2D eigenvalue weighted by Gasteiger charge is 2.43. The molecule has 24 nitrogen and oxygen atoms in total. The number of nitrogens with one attached hydrogen (secondary N) is 6. The molecule has 420 valence electrons. The number of primary amides is 3. The maximum Gasteiger partial charge on any atom is 0.246 e. The number of carbonyl (C=O) groups excluding carboxylic acids is 10. The number of nitrogens with two attached hydrogens (primary N) is 5. The molecule has 1 saturated carbocycles. The molecule has 2 heterocycles. The second-order valence-electron chi connectivity index (χ2n) is 20.0. The van der Waals surface area contributed by atoms with Gasteiger partial charge in [-0.25, -0.2) is 0 Å². The highest BCUT2D eigenvalue weighted by atomic mass is 33.1. The number of Topliss-reactive ketones (excluding diaryl/α,β-unsaturated/α-hetero) is 1. The minimum Gasteiger partial charge on any atom is -0.508 e. The van der Waals surface area contributed by atoms with Crippen LogP contribution in [-0.4, -0.2) is 147 Å². The lowest BCUT2D eigenvalue weighted by atomic mass is 9.78. The Labute approximate surface area is 454 Å². The van der Waals surface area contributed by atoms with Gasteiger partial charge in [-0.1, -0.05) is 71.0 Å². The Morgan fingerprint density at radius 2 is 1.43 bits per heavy atom. The van der Waals surface area contributed by atoms with Crippen LogP contribution in [-0.2, 0) is 60.8 Å². The summed E-state index contributed by atoms with van der Waals surface area (Å²) in [4.78, 5) is 142. The third-order valence-corrected chi connectivity index (χ3v) is 17.1. The Bertz CT molecular complexity index is 2460. The predicted molar refractivity (Wildman–Crippen MR) is 290 cm³/mol. The molecule has 5 rings (SSSR count). The Morgan fingerprint density at radius 3 is 2.08 bits per heavy atom. The fraction of sp³-hybridized carbons (Fsp3) is 0.549. The van der Waals surface area contributed by atoms with E-state index in [0.29, 0.717) is 36.3 Å². The van der Waals surface area contributed by atoms with Crippen LogP contribution in [0.4, 0.5) is 0 Å². The number of phenolic OH excluding ortho intramolecular Hbond substituents is 1. The number of likely N-dealkylation sites (tertiary alicyclic amines) is 1. The van der Waals surface area contributed by atoms with Gasteiger partial charge in [-0.15, -0.1) is 0 Å². The van der Waals surface area contributed by atoms with E-state index in [4.69, 9.17) is 28.7 Å². The quantitative estimate of drug-likeness (QED) is 0.0331. The van der Waals surface area contributed by atoms with Crippen LogP contribution in [0.2, 0.25) is 0 Å². The fourth-order valence-corrected chi connectivity index (χ4v) is 12.8. The van der Waals surface area contributed by atoms with Crippen molar-refractivity contribution in [1.82, 2.24) is 36.8 Å². The van der Waals surface area contributed by atoms with E-state index in [1.807, 2.05) is 0 Å². The van der Waals surface area contributed by atoms with E-state index in [1.54, 1.807) is 42.5 Å². The topological polar surface area (TPSA) is 409 Å². The SMILES string of the molecule is CC1CCC2(CC1)CC(=O)[C@H](Cc1ccc(O)cc1)N[C@@H](Cc1ccccc1)C(=O)N[C@@H](CCC(N)=O)C(=O)N[C@@H](CC(N)=O)C(=O)N[C@H](C(=O)N1CCC[C@H]1C(=O)N[C@@H](CCCN=C(N)N)C(=O)NCC(N)=O)CSS2. The molecule has 77 heavy (non-hydrogen) atoms. The van der Waals surface area contributed by atoms with Gasteiger partial charge in [-0.05, 0) is 99.8 Å². The predicted octanol–water partition coefficient (Wildman–Crippen LogP) is -1.47. The molecule has 2 aromatic carbocycles. The van der Waals surface area contributed by atoms with Crippen molar-refractivity contribution in [2.75, 3.05) is 25.4 Å². The fourth-order valence-electron chi connectivity index (χ4n) is 9.50. The molecule has 3 fully saturated rings. The lowest BCUT2D eigenvalue weighted by Crippen LogP contribution is -2.61. The van der Waals surface area contributed by atoms with Gasteiger partial charge < -0.3 is 65.3 Å². The van der Waals surface area contributed by atoms with Crippen molar-refractivity contribution in [3.63, 3.8) is 0 Å². The Balaban J connectivity index is 1.54. The van der Waals surface area contributed by atoms with Gasteiger partial charge in [-0.2, -0.15) is 0 Å². The van der Waals surface area contributed by atoms with Gasteiger partial charge >= 0.3 is 0 Å². The van der Waals surface area contributed by atoms with Crippen LogP contribution in [0, 0.1) is 5.92 Å². The second kappa shape index (κ2) is 29.5. The van der Waals surface area contributed by atoms with Gasteiger partial charge in [0.15, 0.2) is 11.7 Å². The molecule has 2 saturated heterocycles. The molecule has 2 aliphatic heterocycles. The molecular formula is C51H73N13O11S2. The average Bonchev–Trinajstić information content (AvgIpc) is 3.89. The second-order valence-corrected chi connectivity index (χ2v) is 22.8. The van der Waals surface area contributed by atoms with E-state index >= 15 is 4.79 Å². The molecule has 9 amide bonds. The third kappa shape index (κ3) is 19.5. The molecule has 0 radical (unpaired) electrons. The number of guanidine groups is 1. The molecule has 0 aromatic heterocycles. The zero-order chi connectivity index (χ0) is 56.2. The highest BCUT2D eigenvalue weighted by molar-refractivity contribution is 8.77. The molecule has 7 atom stereocenters. The molecule has 26 heteroatoms. The molecular weight excluding hydrogens is 1030 g/mol. The number of rotatable bonds is 19. The minimum absolute atomic E-state index is 0.0151. The highest BCUT2D eigenvalue weighted by Crippen LogP contribution is 2.50. The van der Waals surface area contributed by atoms with Crippen molar-refractivity contribution in [1.29, 1.82) is 0 Å². The first-order valence-corrected chi connectivity index (χ1v) is 28.0. The number of hydrogen-bond acceptors (Lipinski definition) is 15. The third-order valence-electron chi connectivity index (χ3n) is 13.7. The first-order valence-electron chi connectivity index (χ1n) is 25.7. The zero-order valence-electron chi connectivity index (χ0n) is 43.2. The van der Waals surface area contributed by atoms with Gasteiger partial charge in [0.25, 0.3) is 0 Å². The van der Waals surface area contributed by atoms with Gasteiger partial charge in [0.2, 0.25) is 53.2 Å². The Kier molecular flexibility index (Phi) is 23.4. The first-order chi connectivity index (χ1) is 36.6. The first kappa shape index (κ1) is 60.9. The van der Waals surface area contributed by atoms with Crippen LogP contribution >= 0.6 is 21.6 Å². The number of amides is 9. The van der Waals surface area contributed by atoms with Crippen LogP contribution in [0.1, 0.15) is 95.1 Å². The molecule has 0 bridgehead atoms. The van der Waals surface area contributed by atoms with Crippen LogP contribution < -0.4 is 60.6 Å². The molecule has 1 spiro atoms. The van der Waals surface area contributed by atoms with Crippen molar-refractivity contribution in [2.24, 2.45) is 39.6 Å². The lowest BCUT2D eigenvalue weighted by molar-refractivity contribution is -0.142. The van der Waals surface area contributed by atoms with Crippen molar-refractivity contribution in [3.05, 3.63) is 65.7 Å². The molecule has 0 unspecified atom stereocenters. The maximum atomic E-state index is 15.1. The van der Waals surface area contributed by atoms with E-state index in [2.05, 4.69) is 43.8 Å². The van der Waals surface area contributed by atoms with Gasteiger partial charge in [-0.3, -0.25) is 58.3 Å². The minimum atomic E-state index is -1.71. The van der Waals surface area contributed by atoms with Crippen molar-refractivity contribution >= 4 is 86.5 Å².